The summed E-state index contributed by atoms with van der Waals surface area (Å²) in [5.74, 6) is 1.07. The summed E-state index contributed by atoms with van der Waals surface area (Å²) in [7, 11) is 0. The molecule has 2 aromatic carbocycles. The number of hydrogen-bond donors (Lipinski definition) is 2. The van der Waals surface area contributed by atoms with Gasteiger partial charge in [0.15, 0.2) is 0 Å². The first-order valence-corrected chi connectivity index (χ1v) is 12.4. The van der Waals surface area contributed by atoms with Gasteiger partial charge < -0.3 is 15.6 Å². The van der Waals surface area contributed by atoms with Crippen LogP contribution in [0.1, 0.15) is 45.8 Å². The van der Waals surface area contributed by atoms with Crippen LogP contribution in [0.25, 0.3) is 0 Å². The van der Waals surface area contributed by atoms with Crippen LogP contribution < -0.4 is 11.1 Å². The number of nitrogens with two attached hydrogens (primary N) is 1. The minimum absolute atomic E-state index is 0.0668. The molecular weight excluding hydrogens is 448 g/mol. The lowest BCUT2D eigenvalue weighted by molar-refractivity contribution is -0.123. The second kappa shape index (κ2) is 10.9. The summed E-state index contributed by atoms with van der Waals surface area (Å²) >= 11 is 1.60. The van der Waals surface area contributed by atoms with Crippen LogP contribution in [-0.4, -0.2) is 35.0 Å². The van der Waals surface area contributed by atoms with Crippen LogP contribution in [0.3, 0.4) is 0 Å². The molecule has 7 nitrogen and oxygen atoms in total. The highest BCUT2D eigenvalue weighted by Gasteiger charge is 2.23. The average molecular weight is 479 g/mol. The Morgan fingerprint density at radius 1 is 1.18 bits per heavy atom. The molecule has 1 saturated heterocycles. The van der Waals surface area contributed by atoms with Gasteiger partial charge in [0.05, 0.1) is 17.2 Å². The third-order valence-corrected chi connectivity index (χ3v) is 7.31. The number of aromatic nitrogens is 1. The number of thioether (sulfide) groups is 1. The number of primary amides is 1. The normalized spacial score (nSPS) is 16.4. The predicted octanol–water partition coefficient (Wildman–Crippen LogP) is 4.53. The molecule has 1 aliphatic heterocycles. The topological polar surface area (TPSA) is 101 Å². The number of benzene rings is 2. The lowest BCUT2D eigenvalue weighted by Gasteiger charge is -2.31. The number of carbonyl (C=O) groups is 2. The Morgan fingerprint density at radius 2 is 1.94 bits per heavy atom. The average Bonchev–Trinajstić information content (AvgIpc) is 3.16. The summed E-state index contributed by atoms with van der Waals surface area (Å²) in [5.41, 5.74) is 9.94. The monoisotopic (exact) mass is 478 g/mol. The van der Waals surface area contributed by atoms with E-state index in [1.807, 2.05) is 62.4 Å². The maximum Gasteiger partial charge on any atom is 0.256 e. The van der Waals surface area contributed by atoms with Crippen molar-refractivity contribution in [2.75, 3.05) is 18.4 Å². The molecule has 0 radical (unpaired) electrons. The molecule has 1 atom stereocenters. The Morgan fingerprint density at radius 3 is 2.65 bits per heavy atom. The van der Waals surface area contributed by atoms with E-state index >= 15 is 0 Å². The quantitative estimate of drug-likeness (QED) is 0.461. The Labute approximate surface area is 204 Å². The van der Waals surface area contributed by atoms with Gasteiger partial charge in [-0.1, -0.05) is 29.4 Å². The molecule has 0 aliphatic carbocycles. The number of aryl methyl sites for hydroxylation is 2. The van der Waals surface area contributed by atoms with E-state index < -0.39 is 0 Å². The summed E-state index contributed by atoms with van der Waals surface area (Å²) in [6.07, 6.45) is 1.85. The van der Waals surface area contributed by atoms with Gasteiger partial charge in [-0.15, -0.1) is 11.8 Å². The van der Waals surface area contributed by atoms with E-state index in [4.69, 9.17) is 10.3 Å². The van der Waals surface area contributed by atoms with E-state index in [0.29, 0.717) is 17.9 Å². The second-order valence-corrected chi connectivity index (χ2v) is 9.73. The molecule has 34 heavy (non-hydrogen) atoms. The summed E-state index contributed by atoms with van der Waals surface area (Å²) in [6.45, 7) is 6.26. The van der Waals surface area contributed by atoms with E-state index in [1.165, 1.54) is 0 Å². The van der Waals surface area contributed by atoms with Crippen LogP contribution in [0.5, 0.6) is 0 Å². The Balaban J connectivity index is 1.37. The highest BCUT2D eigenvalue weighted by Crippen LogP contribution is 2.29. The number of amides is 2. The summed E-state index contributed by atoms with van der Waals surface area (Å²) in [4.78, 5) is 27.7. The molecular formula is C26H30N4O3S. The number of hydrogen-bond acceptors (Lipinski definition) is 6. The lowest BCUT2D eigenvalue weighted by Crippen LogP contribution is -2.40. The molecule has 1 aliphatic rings. The zero-order chi connectivity index (χ0) is 24.1. The van der Waals surface area contributed by atoms with Gasteiger partial charge in [-0.25, -0.2) is 0 Å². The van der Waals surface area contributed by atoms with Gasteiger partial charge in [-0.05, 0) is 63.1 Å². The fourth-order valence-electron chi connectivity index (χ4n) is 4.22. The van der Waals surface area contributed by atoms with Gasteiger partial charge in [-0.3, -0.25) is 14.5 Å². The number of nitrogens with zero attached hydrogens (tertiary/aromatic N) is 2. The third-order valence-electron chi connectivity index (χ3n) is 6.21. The summed E-state index contributed by atoms with van der Waals surface area (Å²) < 4.78 is 5.25. The zero-order valence-electron chi connectivity index (χ0n) is 19.5. The van der Waals surface area contributed by atoms with Gasteiger partial charge in [-0.2, -0.15) is 0 Å². The maximum atomic E-state index is 13.0. The van der Waals surface area contributed by atoms with Gasteiger partial charge in [0.2, 0.25) is 5.91 Å². The molecule has 2 heterocycles. The van der Waals surface area contributed by atoms with Gasteiger partial charge in [0, 0.05) is 35.0 Å². The number of likely N-dealkylation sites (tertiary alicyclic amines) is 1. The SMILES string of the molecule is Cc1noc(C)c1CSc1ccccc1C(=O)Nc1ccc(CN2CCCC(C(N)=O)C2)cc1. The number of rotatable bonds is 8. The molecule has 0 bridgehead atoms. The third kappa shape index (κ3) is 5.87. The van der Waals surface area contributed by atoms with Crippen LogP contribution in [0, 0.1) is 19.8 Å². The van der Waals surface area contributed by atoms with Crippen LogP contribution >= 0.6 is 11.8 Å². The van der Waals surface area contributed by atoms with Crippen LogP contribution in [-0.2, 0) is 17.1 Å². The van der Waals surface area contributed by atoms with Crippen molar-refractivity contribution in [1.29, 1.82) is 0 Å². The molecule has 4 rings (SSSR count). The van der Waals surface area contributed by atoms with Crippen molar-refractivity contribution >= 4 is 29.3 Å². The number of anilines is 1. The molecule has 178 valence electrons. The fraction of sp³-hybridized carbons (Fsp3) is 0.346. The van der Waals surface area contributed by atoms with Gasteiger partial charge in [0.1, 0.15) is 5.76 Å². The second-order valence-electron chi connectivity index (χ2n) is 8.72. The molecule has 1 aromatic heterocycles. The van der Waals surface area contributed by atoms with E-state index in [1.54, 1.807) is 11.8 Å². The predicted molar refractivity (Wildman–Crippen MR) is 134 cm³/mol. The van der Waals surface area contributed by atoms with Crippen molar-refractivity contribution in [3.8, 4) is 0 Å². The molecule has 0 spiro atoms. The van der Waals surface area contributed by atoms with Gasteiger partial charge in [0.25, 0.3) is 5.91 Å². The van der Waals surface area contributed by atoms with E-state index in [2.05, 4.69) is 15.4 Å². The first-order valence-electron chi connectivity index (χ1n) is 11.5. The minimum Gasteiger partial charge on any atom is -0.369 e. The molecule has 0 saturated carbocycles. The molecule has 3 aromatic rings. The minimum atomic E-state index is -0.215. The number of nitrogens with one attached hydrogen (secondary N) is 1. The van der Waals surface area contributed by atoms with Gasteiger partial charge >= 0.3 is 0 Å². The summed E-state index contributed by atoms with van der Waals surface area (Å²) in [6, 6.07) is 15.5. The zero-order valence-corrected chi connectivity index (χ0v) is 20.4. The van der Waals surface area contributed by atoms with Crippen molar-refractivity contribution in [3.63, 3.8) is 0 Å². The van der Waals surface area contributed by atoms with E-state index in [0.717, 1.165) is 59.1 Å². The molecule has 1 fully saturated rings. The van der Waals surface area contributed by atoms with Crippen LogP contribution in [0.2, 0.25) is 0 Å². The van der Waals surface area contributed by atoms with Crippen LogP contribution in [0.15, 0.2) is 57.9 Å². The van der Waals surface area contributed by atoms with Crippen molar-refractivity contribution < 1.29 is 14.1 Å². The largest absolute Gasteiger partial charge is 0.369 e. The lowest BCUT2D eigenvalue weighted by atomic mass is 9.97. The van der Waals surface area contributed by atoms with Crippen molar-refractivity contribution in [2.24, 2.45) is 11.7 Å². The smallest absolute Gasteiger partial charge is 0.256 e. The summed E-state index contributed by atoms with van der Waals surface area (Å²) in [5, 5.41) is 7.02. The highest BCUT2D eigenvalue weighted by atomic mass is 32.2. The van der Waals surface area contributed by atoms with Crippen molar-refractivity contribution in [2.45, 2.75) is 43.9 Å². The number of piperidine rings is 1. The molecule has 2 amide bonds. The molecule has 8 heteroatoms. The number of carbonyl (C=O) groups excluding carboxylic acids is 2. The van der Waals surface area contributed by atoms with Crippen molar-refractivity contribution in [3.05, 3.63) is 76.7 Å². The molecule has 3 N–H and O–H groups in total. The first kappa shape index (κ1) is 24.0. The Bertz CT molecular complexity index is 1140. The highest BCUT2D eigenvalue weighted by molar-refractivity contribution is 7.98. The first-order chi connectivity index (χ1) is 16.4. The van der Waals surface area contributed by atoms with E-state index in [-0.39, 0.29) is 17.7 Å². The Hall–Kier alpha value is -3.10. The van der Waals surface area contributed by atoms with Crippen molar-refractivity contribution in [1.82, 2.24) is 10.1 Å². The fourth-order valence-corrected chi connectivity index (χ4v) is 5.42. The molecule has 1 unspecified atom stereocenters. The van der Waals surface area contributed by atoms with E-state index in [9.17, 15) is 9.59 Å². The standard InChI is InChI=1S/C26H30N4O3S/c1-17-23(18(2)33-29-17)16-34-24-8-4-3-7-22(24)26(32)28-21-11-9-19(10-12-21)14-30-13-5-6-20(15-30)25(27)31/h3-4,7-12,20H,5-6,13-16H2,1-2H3,(H2,27,31)(H,28,32). The maximum absolute atomic E-state index is 13.0. The van der Waals surface area contributed by atoms with Crippen LogP contribution in [0.4, 0.5) is 5.69 Å². The Kier molecular flexibility index (Phi) is 7.70.